The van der Waals surface area contributed by atoms with Crippen molar-refractivity contribution < 1.29 is 24.0 Å². The topological polar surface area (TPSA) is 151 Å². The van der Waals surface area contributed by atoms with Crippen LogP contribution >= 0.6 is 0 Å². The maximum atomic E-state index is 13.9. The summed E-state index contributed by atoms with van der Waals surface area (Å²) in [6, 6.07) is -3.12. The number of urea groups is 1. The number of hydrogen-bond acceptors (Lipinski definition) is 5. The largest absolute Gasteiger partial charge is 0.363 e. The minimum atomic E-state index is -1.08. The van der Waals surface area contributed by atoms with Gasteiger partial charge in [-0.25, -0.2) is 4.79 Å². The average molecular weight is 506 g/mol. The van der Waals surface area contributed by atoms with E-state index in [0.717, 1.165) is 12.8 Å². The molecule has 0 aromatic heterocycles. The molecule has 10 heteroatoms. The minimum absolute atomic E-state index is 0.0734. The van der Waals surface area contributed by atoms with Gasteiger partial charge >= 0.3 is 6.03 Å². The lowest BCUT2D eigenvalue weighted by molar-refractivity contribution is -0.145. The van der Waals surface area contributed by atoms with Gasteiger partial charge in [0.1, 0.15) is 12.1 Å². The Morgan fingerprint density at radius 2 is 1.58 bits per heavy atom. The zero-order chi connectivity index (χ0) is 27.4. The number of nitrogens with zero attached hydrogens (tertiary/aromatic N) is 1. The number of carbonyl (C=O) groups is 5. The zero-order valence-corrected chi connectivity index (χ0v) is 22.9. The van der Waals surface area contributed by atoms with E-state index in [9.17, 15) is 24.0 Å². The van der Waals surface area contributed by atoms with E-state index in [1.807, 2.05) is 41.5 Å². The normalized spacial score (nSPS) is 26.3. The smallest absolute Gasteiger partial charge is 0.315 e. The maximum absolute atomic E-state index is 13.9. The summed E-state index contributed by atoms with van der Waals surface area (Å²) < 4.78 is 0. The van der Waals surface area contributed by atoms with Crippen LogP contribution in [0, 0.1) is 28.6 Å². The quantitative estimate of drug-likeness (QED) is 0.367. The summed E-state index contributed by atoms with van der Waals surface area (Å²) in [5.41, 5.74) is 4.01. The third-order valence-electron chi connectivity index (χ3n) is 7.78. The number of amides is 5. The van der Waals surface area contributed by atoms with Crippen molar-refractivity contribution in [3.8, 4) is 0 Å². The predicted molar refractivity (Wildman–Crippen MR) is 134 cm³/mol. The number of piperidine rings is 1. The van der Waals surface area contributed by atoms with E-state index < -0.39 is 52.7 Å². The standard InChI is InChI=1S/C26H43N5O5/c1-24(2,3)19(29-23(36)30-25(4,5)6)22(35)31-12-14-16(26(14,7)8)17(31)21(34)28-15(11-13-9-10-13)18(32)20(27)33/h13-17,19H,9-12H2,1-8H3,(H2,27,33)(H,28,34)(H2,29,30,36)/t14-,15?,16-,17-,19?/m0/s1. The van der Waals surface area contributed by atoms with Crippen LogP contribution in [0.4, 0.5) is 4.79 Å². The first-order valence-electron chi connectivity index (χ1n) is 12.9. The molecule has 202 valence electrons. The summed E-state index contributed by atoms with van der Waals surface area (Å²) in [5.74, 6) is -2.34. The summed E-state index contributed by atoms with van der Waals surface area (Å²) in [5, 5.41) is 8.40. The first kappa shape index (κ1) is 27.9. The summed E-state index contributed by atoms with van der Waals surface area (Å²) >= 11 is 0. The second kappa shape index (κ2) is 9.34. The molecule has 0 aromatic carbocycles. The monoisotopic (exact) mass is 505 g/mol. The molecule has 0 radical (unpaired) electrons. The van der Waals surface area contributed by atoms with Crippen LogP contribution < -0.4 is 21.7 Å². The Balaban J connectivity index is 1.83. The Kier molecular flexibility index (Phi) is 7.24. The van der Waals surface area contributed by atoms with Crippen LogP contribution in [-0.4, -0.2) is 64.6 Å². The second-order valence-corrected chi connectivity index (χ2v) is 13.5. The first-order chi connectivity index (χ1) is 16.3. The van der Waals surface area contributed by atoms with Gasteiger partial charge in [0.2, 0.25) is 17.6 Å². The molecule has 0 aromatic rings. The van der Waals surface area contributed by atoms with E-state index in [1.165, 1.54) is 0 Å². The molecule has 36 heavy (non-hydrogen) atoms. The number of carbonyl (C=O) groups excluding carboxylic acids is 5. The fraction of sp³-hybridized carbons (Fsp3) is 0.808. The number of likely N-dealkylation sites (tertiary alicyclic amines) is 1. The second-order valence-electron chi connectivity index (χ2n) is 13.5. The molecule has 1 saturated heterocycles. The zero-order valence-electron chi connectivity index (χ0n) is 22.9. The molecule has 3 fully saturated rings. The fourth-order valence-corrected chi connectivity index (χ4v) is 5.48. The van der Waals surface area contributed by atoms with E-state index in [0.29, 0.717) is 13.0 Å². The molecule has 1 aliphatic heterocycles. The number of ketones is 1. The first-order valence-corrected chi connectivity index (χ1v) is 12.9. The molecular formula is C26H43N5O5. The molecule has 5 atom stereocenters. The molecule has 3 aliphatic rings. The highest BCUT2D eigenvalue weighted by atomic mass is 16.2. The molecule has 0 bridgehead atoms. The molecule has 3 rings (SSSR count). The highest BCUT2D eigenvalue weighted by Crippen LogP contribution is 2.65. The van der Waals surface area contributed by atoms with Crippen LogP contribution in [0.3, 0.4) is 0 Å². The van der Waals surface area contributed by atoms with Crippen molar-refractivity contribution in [1.82, 2.24) is 20.9 Å². The number of fused-ring (bicyclic) bond motifs is 1. The van der Waals surface area contributed by atoms with E-state index in [4.69, 9.17) is 5.73 Å². The molecular weight excluding hydrogens is 462 g/mol. The highest BCUT2D eigenvalue weighted by molar-refractivity contribution is 6.37. The van der Waals surface area contributed by atoms with Crippen molar-refractivity contribution in [3.05, 3.63) is 0 Å². The average Bonchev–Trinajstić information content (AvgIpc) is 3.55. The van der Waals surface area contributed by atoms with Gasteiger partial charge in [-0.1, -0.05) is 47.5 Å². The Labute approximate surface area is 213 Å². The molecule has 2 unspecified atom stereocenters. The van der Waals surface area contributed by atoms with Gasteiger partial charge in [-0.15, -0.1) is 0 Å². The van der Waals surface area contributed by atoms with Gasteiger partial charge in [0.05, 0.1) is 6.04 Å². The van der Waals surface area contributed by atoms with Crippen molar-refractivity contribution in [3.63, 3.8) is 0 Å². The van der Waals surface area contributed by atoms with Crippen molar-refractivity contribution in [1.29, 1.82) is 0 Å². The van der Waals surface area contributed by atoms with Crippen molar-refractivity contribution in [2.75, 3.05) is 6.54 Å². The summed E-state index contributed by atoms with van der Waals surface area (Å²) in [7, 11) is 0. The van der Waals surface area contributed by atoms with Gasteiger partial charge in [-0.3, -0.25) is 19.2 Å². The summed E-state index contributed by atoms with van der Waals surface area (Å²) in [4.78, 5) is 65.7. The number of nitrogens with two attached hydrogens (primary N) is 1. The van der Waals surface area contributed by atoms with E-state index in [1.54, 1.807) is 4.90 Å². The van der Waals surface area contributed by atoms with Gasteiger partial charge in [-0.2, -0.15) is 0 Å². The number of primary amides is 1. The number of nitrogens with one attached hydrogen (secondary N) is 3. The lowest BCUT2D eigenvalue weighted by atomic mass is 9.85. The van der Waals surface area contributed by atoms with Crippen LogP contribution in [0.2, 0.25) is 0 Å². The molecule has 2 aliphatic carbocycles. The van der Waals surface area contributed by atoms with Crippen LogP contribution in [-0.2, 0) is 19.2 Å². The predicted octanol–water partition coefficient (Wildman–Crippen LogP) is 1.32. The Morgan fingerprint density at radius 1 is 1.00 bits per heavy atom. The van der Waals surface area contributed by atoms with Crippen LogP contribution in [0.5, 0.6) is 0 Å². The molecule has 2 saturated carbocycles. The van der Waals surface area contributed by atoms with Gasteiger partial charge < -0.3 is 26.6 Å². The van der Waals surface area contributed by atoms with Gasteiger partial charge in [0, 0.05) is 12.1 Å². The third kappa shape index (κ3) is 6.00. The highest BCUT2D eigenvalue weighted by Gasteiger charge is 2.70. The molecule has 5 amide bonds. The van der Waals surface area contributed by atoms with Gasteiger partial charge in [-0.05, 0) is 55.8 Å². The number of hydrogen-bond donors (Lipinski definition) is 4. The van der Waals surface area contributed by atoms with Crippen molar-refractivity contribution >= 4 is 29.5 Å². The Morgan fingerprint density at radius 3 is 2.06 bits per heavy atom. The maximum Gasteiger partial charge on any atom is 0.315 e. The van der Waals surface area contributed by atoms with Crippen LogP contribution in [0.15, 0.2) is 0 Å². The molecule has 0 spiro atoms. The SMILES string of the molecule is CC(C)(C)NC(=O)NC(C(=O)N1C[C@H]2[C@@H]([C@H]1C(=O)NC(CC1CC1)C(=O)C(N)=O)C2(C)C)C(C)(C)C. The van der Waals surface area contributed by atoms with Gasteiger partial charge in [0.25, 0.3) is 5.91 Å². The Hall–Kier alpha value is -2.65. The fourth-order valence-electron chi connectivity index (χ4n) is 5.48. The molecule has 1 heterocycles. The van der Waals surface area contributed by atoms with E-state index >= 15 is 0 Å². The van der Waals surface area contributed by atoms with Crippen molar-refractivity contribution in [2.24, 2.45) is 34.3 Å². The lowest BCUT2D eigenvalue weighted by Crippen LogP contribution is -2.62. The molecule has 10 nitrogen and oxygen atoms in total. The molecule has 5 N–H and O–H groups in total. The van der Waals surface area contributed by atoms with Crippen molar-refractivity contribution in [2.45, 2.75) is 98.3 Å². The minimum Gasteiger partial charge on any atom is -0.363 e. The lowest BCUT2D eigenvalue weighted by Gasteiger charge is -2.38. The Bertz CT molecular complexity index is 943. The summed E-state index contributed by atoms with van der Waals surface area (Å²) in [6.07, 6.45) is 2.25. The van der Waals surface area contributed by atoms with Crippen LogP contribution in [0.1, 0.15) is 74.7 Å². The van der Waals surface area contributed by atoms with E-state index in [-0.39, 0.29) is 29.1 Å². The van der Waals surface area contributed by atoms with E-state index in [2.05, 4.69) is 29.8 Å². The third-order valence-corrected chi connectivity index (χ3v) is 7.78. The number of rotatable bonds is 8. The summed E-state index contributed by atoms with van der Waals surface area (Å²) in [6.45, 7) is 15.7. The van der Waals surface area contributed by atoms with Crippen LogP contribution in [0.25, 0.3) is 0 Å². The van der Waals surface area contributed by atoms with Gasteiger partial charge in [0.15, 0.2) is 0 Å². The number of Topliss-reactive ketones (excluding diaryl/α,β-unsaturated/α-hetero) is 1.